The van der Waals surface area contributed by atoms with E-state index >= 15 is 0 Å². The van der Waals surface area contributed by atoms with Crippen LogP contribution in [-0.4, -0.2) is 18.9 Å². The van der Waals surface area contributed by atoms with E-state index in [2.05, 4.69) is 35.7 Å². The van der Waals surface area contributed by atoms with Gasteiger partial charge in [-0.25, -0.2) is 4.79 Å². The summed E-state index contributed by atoms with van der Waals surface area (Å²) in [6, 6.07) is 2.12. The molecule has 1 atom stereocenters. The largest absolute Gasteiger partial charge is 0.497 e. The van der Waals surface area contributed by atoms with Crippen LogP contribution in [0.25, 0.3) is 0 Å². The minimum absolute atomic E-state index is 0.238. The smallest absolute Gasteiger partial charge is 0.329 e. The monoisotopic (exact) mass is 471 g/mol. The normalized spacial score (nSPS) is 15.1. The maximum Gasteiger partial charge on any atom is 0.329 e. The molecule has 2 aliphatic rings. The third-order valence-electron chi connectivity index (χ3n) is 6.30. The first-order chi connectivity index (χ1) is 15.9. The maximum atomic E-state index is 12.6. The lowest BCUT2D eigenvalue weighted by molar-refractivity contribution is 0.202. The molecule has 0 spiro atoms. The number of allylic oxidation sites excluding steroid dienone is 2. The summed E-state index contributed by atoms with van der Waals surface area (Å²) < 4.78 is 8.64. The minimum Gasteiger partial charge on any atom is -0.497 e. The standard InChI is InChI=1S/C24H35N3O2S.CH2N2/c1-4-16(2)8-7-13-29-17(3)22(15-25)30-27-24(28)26-23-20-11-5-9-18(20)14-19-10-6-12-21(19)23;2-1-3/h14-16,25H,4-13H2,1-3H3,(H2,26,27,28);2H2/b22-17-,25-15?;/t16-;/m1./s1. The molecule has 3 rings (SSSR count). The molecule has 7 nitrogen and oxygen atoms in total. The van der Waals surface area contributed by atoms with Gasteiger partial charge in [-0.3, -0.25) is 4.72 Å². The van der Waals surface area contributed by atoms with Crippen LogP contribution in [0.5, 0.6) is 0 Å². The number of benzene rings is 1. The van der Waals surface area contributed by atoms with E-state index in [9.17, 15) is 4.79 Å². The number of nitrogens with two attached hydrogens (primary N) is 1. The van der Waals surface area contributed by atoms with E-state index in [4.69, 9.17) is 15.4 Å². The van der Waals surface area contributed by atoms with Crippen LogP contribution in [0.2, 0.25) is 0 Å². The van der Waals surface area contributed by atoms with Gasteiger partial charge in [0.1, 0.15) is 5.76 Å². The molecule has 0 radical (unpaired) electrons. The summed E-state index contributed by atoms with van der Waals surface area (Å²) in [5.74, 6) is 1.39. The number of rotatable bonds is 10. The highest BCUT2D eigenvalue weighted by Gasteiger charge is 2.25. The number of carbonyl (C=O) groups is 1. The molecule has 1 aromatic carbocycles. The molecule has 0 heterocycles. The second-order valence-corrected chi connectivity index (χ2v) is 9.44. The zero-order valence-electron chi connectivity index (χ0n) is 20.1. The lowest BCUT2D eigenvalue weighted by atomic mass is 9.99. The van der Waals surface area contributed by atoms with Gasteiger partial charge in [0.15, 0.2) is 6.19 Å². The van der Waals surface area contributed by atoms with Gasteiger partial charge >= 0.3 is 6.03 Å². The first-order valence-corrected chi connectivity index (χ1v) is 12.6. The Labute approximate surface area is 202 Å². The molecule has 0 aliphatic heterocycles. The number of ether oxygens (including phenoxy) is 1. The highest BCUT2D eigenvalue weighted by molar-refractivity contribution is 8.02. The van der Waals surface area contributed by atoms with E-state index in [-0.39, 0.29) is 6.03 Å². The summed E-state index contributed by atoms with van der Waals surface area (Å²) in [5, 5.41) is 17.9. The van der Waals surface area contributed by atoms with Gasteiger partial charge < -0.3 is 21.2 Å². The number of aryl methyl sites for hydroxylation is 2. The van der Waals surface area contributed by atoms with Crippen molar-refractivity contribution in [2.75, 3.05) is 11.9 Å². The lowest BCUT2D eigenvalue weighted by Crippen LogP contribution is -2.24. The van der Waals surface area contributed by atoms with Crippen molar-refractivity contribution in [1.82, 2.24) is 4.72 Å². The highest BCUT2D eigenvalue weighted by Crippen LogP contribution is 2.38. The Morgan fingerprint density at radius 2 is 1.91 bits per heavy atom. The van der Waals surface area contributed by atoms with Gasteiger partial charge in [0.2, 0.25) is 0 Å². The van der Waals surface area contributed by atoms with Gasteiger partial charge in [-0.2, -0.15) is 5.26 Å². The number of carbonyl (C=O) groups excluding carboxylic acids is 1. The van der Waals surface area contributed by atoms with Crippen molar-refractivity contribution in [2.45, 2.75) is 78.6 Å². The predicted molar refractivity (Wildman–Crippen MR) is 136 cm³/mol. The average molecular weight is 472 g/mol. The van der Waals surface area contributed by atoms with Crippen LogP contribution >= 0.6 is 11.9 Å². The van der Waals surface area contributed by atoms with Crippen LogP contribution in [0, 0.1) is 22.8 Å². The summed E-state index contributed by atoms with van der Waals surface area (Å²) in [7, 11) is 0. The number of hydrogen-bond donors (Lipinski definition) is 4. The Hall–Kier alpha value is -2.66. The van der Waals surface area contributed by atoms with E-state index in [1.807, 2.05) is 6.92 Å². The molecule has 0 unspecified atom stereocenters. The molecule has 0 bridgehead atoms. The van der Waals surface area contributed by atoms with Crippen LogP contribution in [0.4, 0.5) is 10.5 Å². The Balaban J connectivity index is 0.00000122. The Bertz CT molecular complexity index is 875. The Morgan fingerprint density at radius 1 is 1.30 bits per heavy atom. The van der Waals surface area contributed by atoms with Crippen molar-refractivity contribution in [3.05, 3.63) is 39.0 Å². The number of nitrogens with one attached hydrogen (secondary N) is 3. The van der Waals surface area contributed by atoms with Gasteiger partial charge in [-0.15, -0.1) is 0 Å². The molecule has 5 N–H and O–H groups in total. The molecule has 33 heavy (non-hydrogen) atoms. The fourth-order valence-corrected chi connectivity index (χ4v) is 4.86. The quantitative estimate of drug-likeness (QED) is 0.0885. The van der Waals surface area contributed by atoms with E-state index in [1.54, 1.807) is 0 Å². The van der Waals surface area contributed by atoms with E-state index in [0.717, 1.165) is 69.0 Å². The van der Waals surface area contributed by atoms with Crippen molar-refractivity contribution in [1.29, 1.82) is 10.7 Å². The van der Waals surface area contributed by atoms with Crippen molar-refractivity contribution < 1.29 is 9.53 Å². The fourth-order valence-electron chi connectivity index (χ4n) is 4.34. The molecular weight excluding hydrogens is 434 g/mol. The van der Waals surface area contributed by atoms with Gasteiger partial charge in [0.05, 0.1) is 11.5 Å². The zero-order chi connectivity index (χ0) is 24.2. The second kappa shape index (κ2) is 13.8. The molecule has 180 valence electrons. The molecule has 1 aromatic rings. The third-order valence-corrected chi connectivity index (χ3v) is 7.21. The zero-order valence-corrected chi connectivity index (χ0v) is 20.9. The van der Waals surface area contributed by atoms with Crippen molar-refractivity contribution >= 4 is 29.9 Å². The lowest BCUT2D eigenvalue weighted by Gasteiger charge is -2.16. The third kappa shape index (κ3) is 7.71. The second-order valence-electron chi connectivity index (χ2n) is 8.59. The van der Waals surface area contributed by atoms with Crippen LogP contribution in [0.1, 0.15) is 75.1 Å². The summed E-state index contributed by atoms with van der Waals surface area (Å²) in [4.78, 5) is 13.3. The van der Waals surface area contributed by atoms with Crippen LogP contribution in [0.3, 0.4) is 0 Å². The van der Waals surface area contributed by atoms with Crippen LogP contribution < -0.4 is 15.8 Å². The van der Waals surface area contributed by atoms with E-state index in [0.29, 0.717) is 23.2 Å². The first-order valence-electron chi connectivity index (χ1n) is 11.8. The SMILES string of the molecule is CC[C@@H](C)CCCO/C(C)=C(/C=N)SNC(=O)Nc1c2c(cc3c1CCC3)CCC2.N#CN. The molecule has 2 aliphatic carbocycles. The van der Waals surface area contributed by atoms with Crippen molar-refractivity contribution in [2.24, 2.45) is 11.7 Å². The van der Waals surface area contributed by atoms with E-state index < -0.39 is 0 Å². The molecule has 8 heteroatoms. The summed E-state index contributed by atoms with van der Waals surface area (Å²) >= 11 is 1.14. The number of urea groups is 1. The van der Waals surface area contributed by atoms with Crippen LogP contribution in [0.15, 0.2) is 16.7 Å². The molecule has 0 saturated carbocycles. The number of amides is 2. The topological polar surface area (TPSA) is 124 Å². The number of nitriles is 1. The van der Waals surface area contributed by atoms with Crippen molar-refractivity contribution in [3.8, 4) is 6.19 Å². The molecule has 0 saturated heterocycles. The summed E-state index contributed by atoms with van der Waals surface area (Å²) in [6.07, 6.45) is 12.5. The maximum absolute atomic E-state index is 12.6. The average Bonchev–Trinajstić information content (AvgIpc) is 3.46. The summed E-state index contributed by atoms with van der Waals surface area (Å²) in [5.41, 5.74) is 10.6. The van der Waals surface area contributed by atoms with Crippen LogP contribution in [-0.2, 0) is 30.4 Å². The number of anilines is 1. The number of hydrogen-bond acceptors (Lipinski definition) is 6. The minimum atomic E-state index is -0.238. The van der Waals surface area contributed by atoms with Gasteiger partial charge in [-0.05, 0) is 98.4 Å². The molecule has 0 aromatic heterocycles. The van der Waals surface area contributed by atoms with Gasteiger partial charge in [0, 0.05) is 11.9 Å². The molecular formula is C25H37N5O2S. The highest BCUT2D eigenvalue weighted by atomic mass is 32.2. The Morgan fingerprint density at radius 3 is 2.45 bits per heavy atom. The van der Waals surface area contributed by atoms with Gasteiger partial charge in [0.25, 0.3) is 0 Å². The van der Waals surface area contributed by atoms with Crippen molar-refractivity contribution in [3.63, 3.8) is 0 Å². The number of nitrogens with zero attached hydrogens (tertiary/aromatic N) is 1. The first kappa shape index (κ1) is 26.6. The van der Waals surface area contributed by atoms with Gasteiger partial charge in [-0.1, -0.05) is 26.3 Å². The Kier molecular flexibility index (Phi) is 11.1. The van der Waals surface area contributed by atoms with E-state index in [1.165, 1.54) is 41.1 Å². The molecule has 0 fully saturated rings. The summed E-state index contributed by atoms with van der Waals surface area (Å²) in [6.45, 7) is 6.95. The molecule has 2 amide bonds. The number of fused-ring (bicyclic) bond motifs is 2. The fraction of sp³-hybridized carbons (Fsp3) is 0.560. The predicted octanol–water partition coefficient (Wildman–Crippen LogP) is 5.58.